The predicted octanol–water partition coefficient (Wildman–Crippen LogP) is 0.919. The second-order valence-electron chi connectivity index (χ2n) is 4.32. The SMILES string of the molecule is COc1cc(NC(=O)CNC(=O)CCCN)cc(OC)c1.Cl. The fraction of sp³-hybridized carbons (Fsp3) is 0.429. The minimum atomic E-state index is -0.327. The van der Waals surface area contributed by atoms with Gasteiger partial charge in [0.05, 0.1) is 20.8 Å². The Kier molecular flexibility index (Phi) is 9.73. The number of halogens is 1. The smallest absolute Gasteiger partial charge is 0.243 e. The van der Waals surface area contributed by atoms with Crippen LogP contribution in [0.15, 0.2) is 18.2 Å². The standard InChI is InChI=1S/C14H21N3O4.ClH/c1-20-11-6-10(7-12(8-11)21-2)17-14(19)9-16-13(18)4-3-5-15;/h6-8H,3-5,9,15H2,1-2H3,(H,16,18)(H,17,19);1H. The van der Waals surface area contributed by atoms with Crippen LogP contribution in [0.5, 0.6) is 11.5 Å². The van der Waals surface area contributed by atoms with Gasteiger partial charge in [-0.3, -0.25) is 9.59 Å². The van der Waals surface area contributed by atoms with E-state index in [9.17, 15) is 9.59 Å². The quantitative estimate of drug-likeness (QED) is 0.657. The molecule has 1 rings (SSSR count). The van der Waals surface area contributed by atoms with Crippen molar-refractivity contribution >= 4 is 29.9 Å². The van der Waals surface area contributed by atoms with Crippen LogP contribution in [0.25, 0.3) is 0 Å². The molecule has 0 aliphatic carbocycles. The molecular formula is C14H22ClN3O4. The van der Waals surface area contributed by atoms with Crippen molar-refractivity contribution in [2.45, 2.75) is 12.8 Å². The number of rotatable bonds is 8. The molecule has 2 amide bonds. The Balaban J connectivity index is 0.00000441. The molecule has 0 aliphatic rings. The molecule has 0 unspecified atom stereocenters. The van der Waals surface area contributed by atoms with Crippen LogP contribution in [0.3, 0.4) is 0 Å². The highest BCUT2D eigenvalue weighted by Gasteiger charge is 2.08. The second kappa shape index (κ2) is 10.7. The van der Waals surface area contributed by atoms with Crippen molar-refractivity contribution in [2.24, 2.45) is 5.73 Å². The molecule has 0 fully saturated rings. The summed E-state index contributed by atoms with van der Waals surface area (Å²) < 4.78 is 10.2. The van der Waals surface area contributed by atoms with E-state index in [1.807, 2.05) is 0 Å². The molecule has 1 aromatic rings. The zero-order chi connectivity index (χ0) is 15.7. The summed E-state index contributed by atoms with van der Waals surface area (Å²) in [5.41, 5.74) is 5.84. The number of hydrogen-bond donors (Lipinski definition) is 3. The van der Waals surface area contributed by atoms with Crippen LogP contribution in [0, 0.1) is 0 Å². The van der Waals surface area contributed by atoms with Crippen molar-refractivity contribution in [2.75, 3.05) is 32.6 Å². The lowest BCUT2D eigenvalue weighted by Gasteiger charge is -2.10. The lowest BCUT2D eigenvalue weighted by atomic mass is 10.2. The molecule has 22 heavy (non-hydrogen) atoms. The van der Waals surface area contributed by atoms with Gasteiger partial charge in [0.25, 0.3) is 0 Å². The van der Waals surface area contributed by atoms with Gasteiger partial charge >= 0.3 is 0 Å². The van der Waals surface area contributed by atoms with Crippen molar-refractivity contribution < 1.29 is 19.1 Å². The van der Waals surface area contributed by atoms with E-state index in [-0.39, 0.29) is 30.8 Å². The molecule has 0 saturated carbocycles. The zero-order valence-corrected chi connectivity index (χ0v) is 13.5. The first-order valence-electron chi connectivity index (χ1n) is 6.58. The van der Waals surface area contributed by atoms with Crippen LogP contribution in [0.4, 0.5) is 5.69 Å². The van der Waals surface area contributed by atoms with Gasteiger partial charge in [0.15, 0.2) is 0 Å². The minimum Gasteiger partial charge on any atom is -0.497 e. The number of methoxy groups -OCH3 is 2. The van der Waals surface area contributed by atoms with E-state index in [1.165, 1.54) is 14.2 Å². The average Bonchev–Trinajstić information content (AvgIpc) is 2.50. The van der Waals surface area contributed by atoms with Crippen LogP contribution >= 0.6 is 12.4 Å². The van der Waals surface area contributed by atoms with Crippen molar-refractivity contribution in [1.82, 2.24) is 5.32 Å². The normalized spacial score (nSPS) is 9.41. The van der Waals surface area contributed by atoms with Gasteiger partial charge in [-0.1, -0.05) is 0 Å². The van der Waals surface area contributed by atoms with Crippen LogP contribution in [-0.2, 0) is 9.59 Å². The summed E-state index contributed by atoms with van der Waals surface area (Å²) >= 11 is 0. The summed E-state index contributed by atoms with van der Waals surface area (Å²) in [5, 5.41) is 5.19. The Labute approximate surface area is 135 Å². The first kappa shape index (κ1) is 20.0. The average molecular weight is 332 g/mol. The van der Waals surface area contributed by atoms with Crippen molar-refractivity contribution in [3.8, 4) is 11.5 Å². The maximum atomic E-state index is 11.8. The molecule has 0 heterocycles. The first-order valence-corrected chi connectivity index (χ1v) is 6.58. The van der Waals surface area contributed by atoms with Gasteiger partial charge in [-0.05, 0) is 13.0 Å². The number of nitrogens with two attached hydrogens (primary N) is 1. The zero-order valence-electron chi connectivity index (χ0n) is 12.7. The van der Waals surface area contributed by atoms with Gasteiger partial charge in [-0.25, -0.2) is 0 Å². The number of nitrogens with one attached hydrogen (secondary N) is 2. The molecule has 1 aromatic carbocycles. The first-order chi connectivity index (χ1) is 10.1. The monoisotopic (exact) mass is 331 g/mol. The third kappa shape index (κ3) is 7.14. The van der Waals surface area contributed by atoms with E-state index in [4.69, 9.17) is 15.2 Å². The van der Waals surface area contributed by atoms with Gasteiger partial charge in [0.2, 0.25) is 11.8 Å². The third-order valence-corrected chi connectivity index (χ3v) is 2.69. The summed E-state index contributed by atoms with van der Waals surface area (Å²) in [6.07, 6.45) is 0.914. The molecule has 8 heteroatoms. The lowest BCUT2D eigenvalue weighted by Crippen LogP contribution is -2.32. The molecule has 0 spiro atoms. The van der Waals surface area contributed by atoms with Crippen molar-refractivity contribution in [3.05, 3.63) is 18.2 Å². The highest BCUT2D eigenvalue weighted by atomic mass is 35.5. The Bertz CT molecular complexity index is 475. The fourth-order valence-electron chi connectivity index (χ4n) is 1.61. The number of ether oxygens (including phenoxy) is 2. The molecule has 0 aliphatic heterocycles. The predicted molar refractivity (Wildman–Crippen MR) is 86.7 cm³/mol. The second-order valence-corrected chi connectivity index (χ2v) is 4.32. The summed E-state index contributed by atoms with van der Waals surface area (Å²) in [6.45, 7) is 0.353. The van der Waals surface area contributed by atoms with Crippen LogP contribution in [0.1, 0.15) is 12.8 Å². The van der Waals surface area contributed by atoms with E-state index < -0.39 is 0 Å². The van der Waals surface area contributed by atoms with Crippen molar-refractivity contribution in [1.29, 1.82) is 0 Å². The van der Waals surface area contributed by atoms with E-state index >= 15 is 0 Å². The van der Waals surface area contributed by atoms with E-state index in [0.717, 1.165) is 0 Å². The molecule has 0 atom stereocenters. The number of carbonyl (C=O) groups is 2. The highest BCUT2D eigenvalue weighted by molar-refractivity contribution is 5.94. The van der Waals surface area contributed by atoms with Gasteiger partial charge < -0.3 is 25.8 Å². The van der Waals surface area contributed by atoms with Gasteiger partial charge in [0.1, 0.15) is 11.5 Å². The topological polar surface area (TPSA) is 103 Å². The molecule has 4 N–H and O–H groups in total. The molecule has 0 saturated heterocycles. The summed E-state index contributed by atoms with van der Waals surface area (Å²) in [5.74, 6) is 0.610. The third-order valence-electron chi connectivity index (χ3n) is 2.69. The van der Waals surface area contributed by atoms with E-state index in [0.29, 0.717) is 36.6 Å². The van der Waals surface area contributed by atoms with Crippen LogP contribution < -0.4 is 25.8 Å². The fourth-order valence-corrected chi connectivity index (χ4v) is 1.61. The molecule has 7 nitrogen and oxygen atoms in total. The van der Waals surface area contributed by atoms with E-state index in [1.54, 1.807) is 18.2 Å². The van der Waals surface area contributed by atoms with Crippen molar-refractivity contribution in [3.63, 3.8) is 0 Å². The molecule has 0 radical (unpaired) electrons. The maximum Gasteiger partial charge on any atom is 0.243 e. The summed E-state index contributed by atoms with van der Waals surface area (Å²) in [4.78, 5) is 23.1. The number of benzene rings is 1. The van der Waals surface area contributed by atoms with Gasteiger partial charge in [0, 0.05) is 30.3 Å². The number of hydrogen-bond acceptors (Lipinski definition) is 5. The largest absolute Gasteiger partial charge is 0.497 e. The van der Waals surface area contributed by atoms with Crippen LogP contribution in [-0.4, -0.2) is 39.1 Å². The Morgan fingerprint density at radius 3 is 2.18 bits per heavy atom. The summed E-state index contributed by atoms with van der Waals surface area (Å²) in [6, 6.07) is 5.03. The molecular weight excluding hydrogens is 310 g/mol. The lowest BCUT2D eigenvalue weighted by molar-refractivity contribution is -0.124. The Morgan fingerprint density at radius 1 is 1.09 bits per heavy atom. The number of carbonyl (C=O) groups excluding carboxylic acids is 2. The van der Waals surface area contributed by atoms with Gasteiger partial charge in [-0.15, -0.1) is 12.4 Å². The number of anilines is 1. The van der Waals surface area contributed by atoms with Crippen LogP contribution in [0.2, 0.25) is 0 Å². The maximum absolute atomic E-state index is 11.8. The Morgan fingerprint density at radius 2 is 1.68 bits per heavy atom. The van der Waals surface area contributed by atoms with Gasteiger partial charge in [-0.2, -0.15) is 0 Å². The number of amides is 2. The molecule has 0 bridgehead atoms. The summed E-state index contributed by atoms with van der Waals surface area (Å²) in [7, 11) is 3.05. The minimum absolute atomic E-state index is 0. The molecule has 124 valence electrons. The Hall–Kier alpha value is -1.99. The highest BCUT2D eigenvalue weighted by Crippen LogP contribution is 2.25. The van der Waals surface area contributed by atoms with E-state index in [2.05, 4.69) is 10.6 Å². The molecule has 0 aromatic heterocycles.